The maximum Gasteiger partial charge on any atom is 0.416 e. The first-order valence-corrected chi connectivity index (χ1v) is 5.58. The van der Waals surface area contributed by atoms with Gasteiger partial charge in [-0.05, 0) is 37.2 Å². The molecule has 0 aromatic heterocycles. The summed E-state index contributed by atoms with van der Waals surface area (Å²) in [6.07, 6.45) is 0.394. The molecule has 0 aliphatic carbocycles. The second kappa shape index (κ2) is 6.45. The Kier molecular flexibility index (Phi) is 5.22. The predicted octanol–water partition coefficient (Wildman–Crippen LogP) is 3.72. The molecule has 0 amide bonds. The van der Waals surface area contributed by atoms with Gasteiger partial charge in [-0.25, -0.2) is 0 Å². The van der Waals surface area contributed by atoms with Gasteiger partial charge in [-0.15, -0.1) is 0 Å². The van der Waals surface area contributed by atoms with E-state index in [2.05, 4.69) is 5.32 Å². The fraction of sp³-hybridized carbons (Fsp3) is 0.385. The molecule has 94 valence electrons. The highest BCUT2D eigenvalue weighted by atomic mass is 19.4. The molecule has 1 nitrogen and oxygen atoms in total. The molecule has 0 atom stereocenters. The van der Waals surface area contributed by atoms with Crippen molar-refractivity contribution in [1.29, 1.82) is 0 Å². The van der Waals surface area contributed by atoms with Gasteiger partial charge >= 0.3 is 6.18 Å². The molecule has 0 bridgehead atoms. The summed E-state index contributed by atoms with van der Waals surface area (Å²) in [5.74, 6) is 0. The highest BCUT2D eigenvalue weighted by molar-refractivity contribution is 5.49. The van der Waals surface area contributed by atoms with Gasteiger partial charge in [0, 0.05) is 0 Å². The standard InChI is InChI=1S/C13H16F3N/c1-2-17-10-4-3-5-11-6-8-12(9-7-11)13(14,15)16/h3,5-9,17H,2,4,10H2,1H3. The second-order valence-electron chi connectivity index (χ2n) is 3.66. The molecule has 0 aliphatic rings. The molecule has 17 heavy (non-hydrogen) atoms. The Morgan fingerprint density at radius 2 is 1.82 bits per heavy atom. The van der Waals surface area contributed by atoms with Crippen LogP contribution in [-0.2, 0) is 6.18 Å². The predicted molar refractivity (Wildman–Crippen MR) is 63.6 cm³/mol. The Morgan fingerprint density at radius 1 is 1.18 bits per heavy atom. The van der Waals surface area contributed by atoms with E-state index in [1.54, 1.807) is 0 Å². The van der Waals surface area contributed by atoms with Gasteiger partial charge in [-0.3, -0.25) is 0 Å². The van der Waals surface area contributed by atoms with E-state index in [0.29, 0.717) is 0 Å². The first kappa shape index (κ1) is 13.8. The minimum Gasteiger partial charge on any atom is -0.317 e. The Bertz CT molecular complexity index is 352. The van der Waals surface area contributed by atoms with E-state index >= 15 is 0 Å². The summed E-state index contributed by atoms with van der Waals surface area (Å²) in [7, 11) is 0. The van der Waals surface area contributed by atoms with Gasteiger partial charge in [0.25, 0.3) is 0 Å². The molecule has 0 saturated heterocycles. The highest BCUT2D eigenvalue weighted by Crippen LogP contribution is 2.29. The lowest BCUT2D eigenvalue weighted by molar-refractivity contribution is -0.137. The van der Waals surface area contributed by atoms with Gasteiger partial charge in [0.15, 0.2) is 0 Å². The van der Waals surface area contributed by atoms with Crippen LogP contribution in [-0.4, -0.2) is 13.1 Å². The molecule has 0 fully saturated rings. The van der Waals surface area contributed by atoms with Crippen molar-refractivity contribution in [3.8, 4) is 0 Å². The third kappa shape index (κ3) is 5.04. The van der Waals surface area contributed by atoms with E-state index in [9.17, 15) is 13.2 Å². The summed E-state index contributed by atoms with van der Waals surface area (Å²) in [5, 5.41) is 3.16. The number of benzene rings is 1. The van der Waals surface area contributed by atoms with Crippen molar-refractivity contribution >= 4 is 6.08 Å². The molecule has 0 heterocycles. The zero-order chi connectivity index (χ0) is 12.7. The Balaban J connectivity index is 2.51. The quantitative estimate of drug-likeness (QED) is 0.777. The monoisotopic (exact) mass is 243 g/mol. The molecule has 1 N–H and O–H groups in total. The van der Waals surface area contributed by atoms with Gasteiger partial charge in [0.05, 0.1) is 5.56 Å². The van der Waals surface area contributed by atoms with Gasteiger partial charge in [-0.2, -0.15) is 13.2 Å². The van der Waals surface area contributed by atoms with E-state index in [-0.39, 0.29) is 0 Å². The Hall–Kier alpha value is -1.29. The first-order valence-electron chi connectivity index (χ1n) is 5.58. The molecular formula is C13H16F3N. The molecule has 1 aromatic carbocycles. The lowest BCUT2D eigenvalue weighted by Crippen LogP contribution is -2.12. The fourth-order valence-corrected chi connectivity index (χ4v) is 1.36. The lowest BCUT2D eigenvalue weighted by atomic mass is 10.1. The van der Waals surface area contributed by atoms with Crippen molar-refractivity contribution in [2.45, 2.75) is 19.5 Å². The number of halogens is 3. The smallest absolute Gasteiger partial charge is 0.317 e. The maximum atomic E-state index is 12.3. The average Bonchev–Trinajstić information content (AvgIpc) is 2.28. The largest absolute Gasteiger partial charge is 0.416 e. The maximum absolute atomic E-state index is 12.3. The van der Waals surface area contributed by atoms with E-state index < -0.39 is 11.7 Å². The molecule has 1 aromatic rings. The number of hydrogen-bond donors (Lipinski definition) is 1. The van der Waals surface area contributed by atoms with Crippen molar-refractivity contribution in [2.24, 2.45) is 0 Å². The van der Waals surface area contributed by atoms with Crippen LogP contribution in [0.1, 0.15) is 24.5 Å². The van der Waals surface area contributed by atoms with Crippen LogP contribution in [0.2, 0.25) is 0 Å². The third-order valence-electron chi connectivity index (χ3n) is 2.29. The van der Waals surface area contributed by atoms with E-state index in [1.165, 1.54) is 12.1 Å². The van der Waals surface area contributed by atoms with Crippen molar-refractivity contribution in [3.63, 3.8) is 0 Å². The summed E-state index contributed by atoms with van der Waals surface area (Å²) in [5.41, 5.74) is 0.178. The molecule has 0 unspecified atom stereocenters. The van der Waals surface area contributed by atoms with Gasteiger partial charge in [0.2, 0.25) is 0 Å². The van der Waals surface area contributed by atoms with Crippen molar-refractivity contribution < 1.29 is 13.2 Å². The minimum atomic E-state index is -4.26. The second-order valence-corrected chi connectivity index (χ2v) is 3.66. The summed E-state index contributed by atoms with van der Waals surface area (Å²) in [6.45, 7) is 3.83. The van der Waals surface area contributed by atoms with Gasteiger partial charge in [-0.1, -0.05) is 31.2 Å². The molecule has 1 rings (SSSR count). The lowest BCUT2D eigenvalue weighted by Gasteiger charge is -2.05. The van der Waals surface area contributed by atoms with E-state index in [1.807, 2.05) is 19.1 Å². The number of alkyl halides is 3. The minimum absolute atomic E-state index is 0.609. The number of hydrogen-bond acceptors (Lipinski definition) is 1. The molecule has 0 radical (unpaired) electrons. The van der Waals surface area contributed by atoms with Crippen molar-refractivity contribution in [1.82, 2.24) is 5.32 Å². The molecular weight excluding hydrogens is 227 g/mol. The summed E-state index contributed by atoms with van der Waals surface area (Å²) >= 11 is 0. The van der Waals surface area contributed by atoms with Crippen LogP contribution in [0.3, 0.4) is 0 Å². The number of nitrogens with one attached hydrogen (secondary N) is 1. The molecule has 0 saturated carbocycles. The van der Waals surface area contributed by atoms with E-state index in [4.69, 9.17) is 0 Å². The van der Waals surface area contributed by atoms with E-state index in [0.717, 1.165) is 37.2 Å². The fourth-order valence-electron chi connectivity index (χ4n) is 1.36. The average molecular weight is 243 g/mol. The molecule has 0 spiro atoms. The van der Waals surface area contributed by atoms with Crippen LogP contribution in [0.15, 0.2) is 30.3 Å². The number of rotatable bonds is 5. The Labute approximate surface area is 99.3 Å². The zero-order valence-corrected chi connectivity index (χ0v) is 9.72. The van der Waals surface area contributed by atoms with Gasteiger partial charge < -0.3 is 5.32 Å². The SMILES string of the molecule is CCNCCC=Cc1ccc(C(F)(F)F)cc1. The summed E-state index contributed by atoms with van der Waals surface area (Å²) < 4.78 is 36.9. The normalized spacial score (nSPS) is 12.2. The van der Waals surface area contributed by atoms with Crippen LogP contribution in [0.25, 0.3) is 6.08 Å². The van der Waals surface area contributed by atoms with Crippen LogP contribution in [0, 0.1) is 0 Å². The van der Waals surface area contributed by atoms with Crippen LogP contribution in [0.5, 0.6) is 0 Å². The summed E-state index contributed by atoms with van der Waals surface area (Å²) in [4.78, 5) is 0. The Morgan fingerprint density at radius 3 is 2.35 bits per heavy atom. The topological polar surface area (TPSA) is 12.0 Å². The summed E-state index contributed by atoms with van der Waals surface area (Å²) in [6, 6.07) is 5.16. The van der Waals surface area contributed by atoms with Crippen molar-refractivity contribution in [2.75, 3.05) is 13.1 Å². The molecule has 0 aliphatic heterocycles. The first-order chi connectivity index (χ1) is 8.04. The van der Waals surface area contributed by atoms with Crippen LogP contribution in [0.4, 0.5) is 13.2 Å². The third-order valence-corrected chi connectivity index (χ3v) is 2.29. The zero-order valence-electron chi connectivity index (χ0n) is 9.72. The molecule has 4 heteroatoms. The highest BCUT2D eigenvalue weighted by Gasteiger charge is 2.29. The van der Waals surface area contributed by atoms with Crippen molar-refractivity contribution in [3.05, 3.63) is 41.5 Å². The van der Waals surface area contributed by atoms with Crippen LogP contribution >= 0.6 is 0 Å². The van der Waals surface area contributed by atoms with Gasteiger partial charge in [0.1, 0.15) is 0 Å². The van der Waals surface area contributed by atoms with Crippen LogP contribution < -0.4 is 5.32 Å².